The van der Waals surface area contributed by atoms with Gasteiger partial charge in [-0.05, 0) is 55.6 Å². The number of nitrogen functional groups attached to an aromatic ring is 1. The highest BCUT2D eigenvalue weighted by Gasteiger charge is 2.17. The molecule has 0 saturated carbocycles. The lowest BCUT2D eigenvalue weighted by Crippen LogP contribution is -2.46. The SMILES string of the molecule is CCCCCNc1nc(N)nc2ccn(Cc3ccc(CN4CCN(CCCN)CC4)cc3C)c12. The minimum Gasteiger partial charge on any atom is -0.368 e. The first-order chi connectivity index (χ1) is 17.1. The molecule has 2 aromatic heterocycles. The Bertz CT molecular complexity index is 1080. The van der Waals surface area contributed by atoms with Crippen LogP contribution in [0.3, 0.4) is 0 Å². The van der Waals surface area contributed by atoms with Crippen molar-refractivity contribution in [1.82, 2.24) is 24.3 Å². The molecule has 8 nitrogen and oxygen atoms in total. The zero-order valence-electron chi connectivity index (χ0n) is 21.5. The number of unbranched alkanes of at least 4 members (excludes halogenated alkanes) is 2. The monoisotopic (exact) mass is 478 g/mol. The summed E-state index contributed by atoms with van der Waals surface area (Å²) in [5.41, 5.74) is 17.6. The molecule has 1 fully saturated rings. The van der Waals surface area contributed by atoms with E-state index >= 15 is 0 Å². The first-order valence-corrected chi connectivity index (χ1v) is 13.2. The molecule has 0 amide bonds. The van der Waals surface area contributed by atoms with Crippen LogP contribution in [0.15, 0.2) is 30.5 Å². The summed E-state index contributed by atoms with van der Waals surface area (Å²) in [5.74, 6) is 1.14. The maximum absolute atomic E-state index is 5.98. The van der Waals surface area contributed by atoms with Gasteiger partial charge in [0.25, 0.3) is 0 Å². The highest BCUT2D eigenvalue weighted by molar-refractivity contribution is 5.87. The normalized spacial score (nSPS) is 15.2. The van der Waals surface area contributed by atoms with Crippen molar-refractivity contribution in [2.24, 2.45) is 5.73 Å². The molecule has 1 aliphatic heterocycles. The van der Waals surface area contributed by atoms with Gasteiger partial charge in [0.2, 0.25) is 5.95 Å². The highest BCUT2D eigenvalue weighted by atomic mass is 15.3. The van der Waals surface area contributed by atoms with E-state index in [0.717, 1.165) is 88.6 Å². The number of nitrogens with zero attached hydrogens (tertiary/aromatic N) is 5. The number of rotatable bonds is 12. The second-order valence-corrected chi connectivity index (χ2v) is 9.76. The number of hydrogen-bond donors (Lipinski definition) is 3. The third kappa shape index (κ3) is 6.72. The number of anilines is 2. The van der Waals surface area contributed by atoms with E-state index in [-0.39, 0.29) is 0 Å². The van der Waals surface area contributed by atoms with Gasteiger partial charge in [0.1, 0.15) is 5.52 Å². The lowest BCUT2D eigenvalue weighted by molar-refractivity contribution is 0.127. The minimum absolute atomic E-state index is 0.314. The van der Waals surface area contributed by atoms with Crippen LogP contribution in [0.4, 0.5) is 11.8 Å². The zero-order chi connectivity index (χ0) is 24.6. The molecule has 8 heteroatoms. The number of fused-ring (bicyclic) bond motifs is 1. The highest BCUT2D eigenvalue weighted by Crippen LogP contribution is 2.25. The smallest absolute Gasteiger partial charge is 0.222 e. The Morgan fingerprint density at radius 2 is 1.77 bits per heavy atom. The Kier molecular flexibility index (Phi) is 8.95. The van der Waals surface area contributed by atoms with Crippen molar-refractivity contribution < 1.29 is 0 Å². The fourth-order valence-corrected chi connectivity index (χ4v) is 4.92. The second kappa shape index (κ2) is 12.3. The van der Waals surface area contributed by atoms with Crippen LogP contribution < -0.4 is 16.8 Å². The van der Waals surface area contributed by atoms with E-state index in [2.05, 4.69) is 67.9 Å². The molecular weight excluding hydrogens is 436 g/mol. The standard InChI is InChI=1S/C27H42N8/c1-3-4-5-11-30-26-25-24(31-27(29)32-26)9-13-35(25)20-23-8-7-22(18-21(23)2)19-34-16-14-33(15-17-34)12-6-10-28/h7-9,13,18H,3-6,10-12,14-17,19-20,28H2,1-2H3,(H3,29,30,31,32). The number of aromatic nitrogens is 3. The Morgan fingerprint density at radius 1 is 0.971 bits per heavy atom. The van der Waals surface area contributed by atoms with Crippen molar-refractivity contribution in [2.45, 2.75) is 52.6 Å². The molecule has 1 saturated heterocycles. The van der Waals surface area contributed by atoms with Crippen molar-refractivity contribution in [2.75, 3.05) is 56.9 Å². The molecule has 0 unspecified atom stereocenters. The van der Waals surface area contributed by atoms with Crippen molar-refractivity contribution in [1.29, 1.82) is 0 Å². The topological polar surface area (TPSA) is 101 Å². The van der Waals surface area contributed by atoms with Gasteiger partial charge in [0.15, 0.2) is 5.82 Å². The van der Waals surface area contributed by atoms with Crippen molar-refractivity contribution >= 4 is 22.8 Å². The van der Waals surface area contributed by atoms with Crippen LogP contribution in [0, 0.1) is 6.92 Å². The molecule has 4 rings (SSSR count). The Hall–Kier alpha value is -2.68. The molecular formula is C27H42N8. The molecule has 3 aromatic rings. The number of aryl methyl sites for hydroxylation is 1. The van der Waals surface area contributed by atoms with E-state index in [1.807, 2.05) is 6.07 Å². The number of benzene rings is 1. The van der Waals surface area contributed by atoms with Crippen molar-refractivity contribution in [3.63, 3.8) is 0 Å². The van der Waals surface area contributed by atoms with E-state index in [9.17, 15) is 0 Å². The first-order valence-electron chi connectivity index (χ1n) is 13.2. The first kappa shape index (κ1) is 25.4. The average molecular weight is 479 g/mol. The fourth-order valence-electron chi connectivity index (χ4n) is 4.92. The zero-order valence-corrected chi connectivity index (χ0v) is 21.5. The summed E-state index contributed by atoms with van der Waals surface area (Å²) >= 11 is 0. The summed E-state index contributed by atoms with van der Waals surface area (Å²) < 4.78 is 2.24. The van der Waals surface area contributed by atoms with Gasteiger partial charge in [0, 0.05) is 52.0 Å². The number of piperazine rings is 1. The summed E-state index contributed by atoms with van der Waals surface area (Å²) in [4.78, 5) is 14.1. The Labute approximate surface area is 209 Å². The van der Waals surface area contributed by atoms with Crippen LogP contribution in [0.2, 0.25) is 0 Å². The van der Waals surface area contributed by atoms with E-state index in [0.29, 0.717) is 5.95 Å². The predicted octanol–water partition coefficient (Wildman–Crippen LogP) is 3.44. The van der Waals surface area contributed by atoms with Crippen molar-refractivity contribution in [3.05, 3.63) is 47.2 Å². The maximum Gasteiger partial charge on any atom is 0.222 e. The van der Waals surface area contributed by atoms with Crippen molar-refractivity contribution in [3.8, 4) is 0 Å². The lowest BCUT2D eigenvalue weighted by atomic mass is 10.0. The summed E-state index contributed by atoms with van der Waals surface area (Å²) in [6, 6.07) is 8.94. The van der Waals surface area contributed by atoms with Gasteiger partial charge < -0.3 is 26.3 Å². The molecule has 0 spiro atoms. The molecule has 190 valence electrons. The predicted molar refractivity (Wildman–Crippen MR) is 146 cm³/mol. The van der Waals surface area contributed by atoms with Gasteiger partial charge in [-0.3, -0.25) is 4.90 Å². The number of nitrogens with one attached hydrogen (secondary N) is 1. The molecule has 0 bridgehead atoms. The lowest BCUT2D eigenvalue weighted by Gasteiger charge is -2.34. The molecule has 1 aliphatic rings. The van der Waals surface area contributed by atoms with Gasteiger partial charge in [-0.1, -0.05) is 38.0 Å². The minimum atomic E-state index is 0.314. The van der Waals surface area contributed by atoms with Gasteiger partial charge >= 0.3 is 0 Å². The quantitative estimate of drug-likeness (QED) is 0.343. The van der Waals surface area contributed by atoms with Gasteiger partial charge in [-0.15, -0.1) is 0 Å². The number of nitrogens with two attached hydrogens (primary N) is 2. The molecule has 0 radical (unpaired) electrons. The third-order valence-corrected chi connectivity index (χ3v) is 7.00. The van der Waals surface area contributed by atoms with E-state index in [4.69, 9.17) is 11.5 Å². The summed E-state index contributed by atoms with van der Waals surface area (Å²) in [6.45, 7) is 13.5. The van der Waals surface area contributed by atoms with Crippen LogP contribution in [0.5, 0.6) is 0 Å². The summed E-state index contributed by atoms with van der Waals surface area (Å²) in [5, 5.41) is 3.49. The molecule has 0 aliphatic carbocycles. The molecule has 1 aromatic carbocycles. The van der Waals surface area contributed by atoms with Crippen LogP contribution in [0.1, 0.15) is 49.3 Å². The number of hydrogen-bond acceptors (Lipinski definition) is 7. The maximum atomic E-state index is 5.98. The van der Waals surface area contributed by atoms with Crippen LogP contribution >= 0.6 is 0 Å². The third-order valence-electron chi connectivity index (χ3n) is 7.00. The average Bonchev–Trinajstić information content (AvgIpc) is 3.25. The molecule has 0 atom stereocenters. The fraction of sp³-hybridized carbons (Fsp3) is 0.556. The van der Waals surface area contributed by atoms with Crippen LogP contribution in [-0.4, -0.2) is 70.1 Å². The van der Waals surface area contributed by atoms with Gasteiger partial charge in [-0.25, -0.2) is 4.98 Å². The van der Waals surface area contributed by atoms with E-state index < -0.39 is 0 Å². The largest absolute Gasteiger partial charge is 0.368 e. The second-order valence-electron chi connectivity index (χ2n) is 9.76. The molecule has 35 heavy (non-hydrogen) atoms. The van der Waals surface area contributed by atoms with Crippen LogP contribution in [0.25, 0.3) is 11.0 Å². The molecule has 5 N–H and O–H groups in total. The molecule has 3 heterocycles. The Morgan fingerprint density at radius 3 is 2.51 bits per heavy atom. The Balaban J connectivity index is 1.42. The van der Waals surface area contributed by atoms with E-state index in [1.165, 1.54) is 29.5 Å². The van der Waals surface area contributed by atoms with Crippen LogP contribution in [-0.2, 0) is 13.1 Å². The van der Waals surface area contributed by atoms with Gasteiger partial charge in [-0.2, -0.15) is 4.98 Å². The summed E-state index contributed by atoms with van der Waals surface area (Å²) in [6.07, 6.45) is 6.69. The van der Waals surface area contributed by atoms with Gasteiger partial charge in [0.05, 0.1) is 5.52 Å². The van der Waals surface area contributed by atoms with E-state index in [1.54, 1.807) is 0 Å². The summed E-state index contributed by atoms with van der Waals surface area (Å²) in [7, 11) is 0.